The third-order valence-electron chi connectivity index (χ3n) is 3.28. The number of aromatic nitrogens is 4. The van der Waals surface area contributed by atoms with Crippen LogP contribution in [0.4, 0.5) is 14.7 Å². The van der Waals surface area contributed by atoms with E-state index < -0.39 is 17.7 Å². The number of aliphatic imine (C=N–C) groups is 1. The van der Waals surface area contributed by atoms with Crippen molar-refractivity contribution in [3.63, 3.8) is 0 Å². The quantitative estimate of drug-likeness (QED) is 0.525. The predicted octanol–water partition coefficient (Wildman–Crippen LogP) is 2.76. The molecule has 2 heterocycles. The Balaban J connectivity index is 1.91. The van der Waals surface area contributed by atoms with E-state index in [1.165, 1.54) is 10.6 Å². The molecule has 1 atom stereocenters. The Labute approximate surface area is 142 Å². The maximum atomic E-state index is 13.8. The molecule has 9 heteroatoms. The van der Waals surface area contributed by atoms with E-state index >= 15 is 0 Å². The van der Waals surface area contributed by atoms with Crippen LogP contribution < -0.4 is 4.74 Å². The molecular formula is C16H16F2N6O. The molecule has 3 rings (SSSR count). The van der Waals surface area contributed by atoms with Crippen LogP contribution in [0.25, 0.3) is 5.78 Å². The third-order valence-corrected chi connectivity index (χ3v) is 3.28. The van der Waals surface area contributed by atoms with Gasteiger partial charge in [0, 0.05) is 26.4 Å². The summed E-state index contributed by atoms with van der Waals surface area (Å²) in [5, 5.41) is 4.27. The molecule has 0 fully saturated rings. The molecule has 0 spiro atoms. The van der Waals surface area contributed by atoms with Gasteiger partial charge in [-0.05, 0) is 25.1 Å². The van der Waals surface area contributed by atoms with E-state index in [1.54, 1.807) is 30.4 Å². The van der Waals surface area contributed by atoms with Gasteiger partial charge in [-0.3, -0.25) is 0 Å². The number of hydrogen-bond donors (Lipinski definition) is 0. The summed E-state index contributed by atoms with van der Waals surface area (Å²) >= 11 is 0. The number of fused-ring (bicyclic) bond motifs is 1. The fourth-order valence-electron chi connectivity index (χ4n) is 2.15. The predicted molar refractivity (Wildman–Crippen MR) is 88.0 cm³/mol. The zero-order valence-electron chi connectivity index (χ0n) is 13.9. The SMILES string of the molecule is CC(Oc1ccc(F)cc1F)c1ccnc2nc(N=CN(C)C)nn12. The lowest BCUT2D eigenvalue weighted by Gasteiger charge is -2.15. The second-order valence-electron chi connectivity index (χ2n) is 5.54. The van der Waals surface area contributed by atoms with Crippen LogP contribution in [0.2, 0.25) is 0 Å². The highest BCUT2D eigenvalue weighted by Crippen LogP contribution is 2.25. The van der Waals surface area contributed by atoms with E-state index in [9.17, 15) is 8.78 Å². The van der Waals surface area contributed by atoms with Crippen molar-refractivity contribution in [2.45, 2.75) is 13.0 Å². The normalized spacial score (nSPS) is 12.7. The van der Waals surface area contributed by atoms with Crippen molar-refractivity contribution in [2.75, 3.05) is 14.1 Å². The van der Waals surface area contributed by atoms with Gasteiger partial charge in [0.1, 0.15) is 11.9 Å². The summed E-state index contributed by atoms with van der Waals surface area (Å²) in [7, 11) is 3.66. The number of nitrogens with zero attached hydrogens (tertiary/aromatic N) is 6. The van der Waals surface area contributed by atoms with Gasteiger partial charge in [0.2, 0.25) is 0 Å². The van der Waals surface area contributed by atoms with E-state index in [0.29, 0.717) is 11.5 Å². The molecule has 25 heavy (non-hydrogen) atoms. The molecule has 0 bridgehead atoms. The largest absolute Gasteiger partial charge is 0.481 e. The Morgan fingerprint density at radius 3 is 2.80 bits per heavy atom. The third kappa shape index (κ3) is 3.70. The summed E-state index contributed by atoms with van der Waals surface area (Å²) in [6, 6.07) is 4.84. The summed E-state index contributed by atoms with van der Waals surface area (Å²) in [4.78, 5) is 14.2. The van der Waals surface area contributed by atoms with Crippen molar-refractivity contribution in [1.82, 2.24) is 24.5 Å². The molecule has 2 aromatic heterocycles. The fraction of sp³-hybridized carbons (Fsp3) is 0.250. The first-order chi connectivity index (χ1) is 11.9. The summed E-state index contributed by atoms with van der Waals surface area (Å²) in [6.45, 7) is 1.72. The minimum absolute atomic E-state index is 0.0511. The lowest BCUT2D eigenvalue weighted by atomic mass is 10.2. The van der Waals surface area contributed by atoms with Gasteiger partial charge in [0.25, 0.3) is 11.7 Å². The number of halogens is 2. The number of ether oxygens (including phenoxy) is 1. The lowest BCUT2D eigenvalue weighted by molar-refractivity contribution is 0.208. The smallest absolute Gasteiger partial charge is 0.272 e. The summed E-state index contributed by atoms with van der Waals surface area (Å²) in [5.74, 6) is -0.896. The van der Waals surface area contributed by atoms with Crippen molar-refractivity contribution in [3.8, 4) is 5.75 Å². The zero-order valence-corrected chi connectivity index (χ0v) is 13.9. The highest BCUT2D eigenvalue weighted by molar-refractivity contribution is 5.58. The second-order valence-corrected chi connectivity index (χ2v) is 5.54. The van der Waals surface area contributed by atoms with Crippen LogP contribution in [0.15, 0.2) is 35.5 Å². The van der Waals surface area contributed by atoms with Gasteiger partial charge < -0.3 is 9.64 Å². The second kappa shape index (κ2) is 6.80. The number of rotatable bonds is 5. The van der Waals surface area contributed by atoms with E-state index in [1.807, 2.05) is 14.1 Å². The van der Waals surface area contributed by atoms with Gasteiger partial charge in [0.05, 0.1) is 12.0 Å². The van der Waals surface area contributed by atoms with Gasteiger partial charge in [0.15, 0.2) is 11.6 Å². The molecule has 0 saturated carbocycles. The Morgan fingerprint density at radius 2 is 2.08 bits per heavy atom. The minimum Gasteiger partial charge on any atom is -0.481 e. The molecule has 0 aliphatic carbocycles. The highest BCUT2D eigenvalue weighted by atomic mass is 19.1. The molecule has 0 aliphatic heterocycles. The summed E-state index contributed by atoms with van der Waals surface area (Å²) in [6.07, 6.45) is 2.56. The van der Waals surface area contributed by atoms with E-state index in [4.69, 9.17) is 4.74 Å². The van der Waals surface area contributed by atoms with Gasteiger partial charge in [-0.15, -0.1) is 5.10 Å². The summed E-state index contributed by atoms with van der Waals surface area (Å²) < 4.78 is 33.9. The number of hydrogen-bond acceptors (Lipinski definition) is 5. The lowest BCUT2D eigenvalue weighted by Crippen LogP contribution is -2.10. The first-order valence-electron chi connectivity index (χ1n) is 7.48. The monoisotopic (exact) mass is 346 g/mol. The molecule has 1 unspecified atom stereocenters. The zero-order chi connectivity index (χ0) is 18.0. The molecule has 0 N–H and O–H groups in total. The van der Waals surface area contributed by atoms with Crippen molar-refractivity contribution < 1.29 is 13.5 Å². The molecule has 130 valence electrons. The van der Waals surface area contributed by atoms with Crippen LogP contribution in [0.5, 0.6) is 5.75 Å². The standard InChI is InChI=1S/C16H16F2N6O/c1-10(25-14-5-4-11(17)8-12(14)18)13-6-7-19-16-21-15(22-24(13)16)20-9-23(2)3/h4-10H,1-3H3. The number of benzene rings is 1. The molecule has 0 aliphatic rings. The van der Waals surface area contributed by atoms with Crippen LogP contribution in [0.3, 0.4) is 0 Å². The first-order valence-corrected chi connectivity index (χ1v) is 7.48. The van der Waals surface area contributed by atoms with Crippen LogP contribution in [0.1, 0.15) is 18.7 Å². The molecule has 3 aromatic rings. The summed E-state index contributed by atoms with van der Waals surface area (Å²) in [5.41, 5.74) is 0.604. The van der Waals surface area contributed by atoms with Crippen molar-refractivity contribution >= 4 is 18.1 Å². The average Bonchev–Trinajstić information content (AvgIpc) is 2.98. The van der Waals surface area contributed by atoms with E-state index in [2.05, 4.69) is 20.1 Å². The van der Waals surface area contributed by atoms with Gasteiger partial charge in [-0.25, -0.2) is 18.8 Å². The van der Waals surface area contributed by atoms with Crippen molar-refractivity contribution in [2.24, 2.45) is 4.99 Å². The van der Waals surface area contributed by atoms with Crippen LogP contribution in [-0.2, 0) is 0 Å². The van der Waals surface area contributed by atoms with Gasteiger partial charge in [-0.1, -0.05) is 0 Å². The van der Waals surface area contributed by atoms with Crippen molar-refractivity contribution in [1.29, 1.82) is 0 Å². The Kier molecular flexibility index (Phi) is 4.55. The maximum absolute atomic E-state index is 13.8. The topological polar surface area (TPSA) is 67.9 Å². The van der Waals surface area contributed by atoms with Crippen molar-refractivity contribution in [3.05, 3.63) is 47.8 Å². The molecular weight excluding hydrogens is 330 g/mol. The van der Waals surface area contributed by atoms with E-state index in [0.717, 1.165) is 12.1 Å². The molecule has 7 nitrogen and oxygen atoms in total. The van der Waals surface area contributed by atoms with E-state index in [-0.39, 0.29) is 11.7 Å². The molecule has 0 saturated heterocycles. The fourth-order valence-corrected chi connectivity index (χ4v) is 2.15. The van der Waals surface area contributed by atoms with Crippen LogP contribution in [-0.4, -0.2) is 44.9 Å². The van der Waals surface area contributed by atoms with Gasteiger partial charge >= 0.3 is 0 Å². The Bertz CT molecular complexity index is 924. The van der Waals surface area contributed by atoms with Gasteiger partial charge in [-0.2, -0.15) is 9.50 Å². The molecule has 0 amide bonds. The maximum Gasteiger partial charge on any atom is 0.272 e. The van der Waals surface area contributed by atoms with Crippen LogP contribution >= 0.6 is 0 Å². The molecule has 0 radical (unpaired) electrons. The molecule has 1 aromatic carbocycles. The minimum atomic E-state index is -0.771. The highest BCUT2D eigenvalue weighted by Gasteiger charge is 2.16. The Hall–Kier alpha value is -3.10. The average molecular weight is 346 g/mol. The Morgan fingerprint density at radius 1 is 1.28 bits per heavy atom. The van der Waals surface area contributed by atoms with Crippen LogP contribution in [0, 0.1) is 11.6 Å². The first kappa shape index (κ1) is 16.7.